The van der Waals surface area contributed by atoms with Crippen molar-refractivity contribution in [2.75, 3.05) is 26.2 Å². The highest BCUT2D eigenvalue weighted by molar-refractivity contribution is 6.37. The number of primary amides is 1. The maximum atomic E-state index is 13.7. The lowest BCUT2D eigenvalue weighted by Gasteiger charge is -2.35. The standard InChI is InChI=1S/C25H39F3N6O6/c1-14-11-16(21(38)31-15(18(36)20(29)37)7-8-25(26,27)28)34(13-14)22(39)19(24(2,3)4)32-23(40)30-12-17(35)33-9-5-6-10-33/h14-16,19H,5-13H2,1-4H3,(H2,29,37)(H,31,38)(H2,30,32,40)/t14?,15?,16-,19?/m0/s1. The molecule has 2 rings (SSSR count). The van der Waals surface area contributed by atoms with Crippen molar-refractivity contribution < 1.29 is 41.9 Å². The van der Waals surface area contributed by atoms with Crippen molar-refractivity contribution >= 4 is 35.4 Å². The first-order chi connectivity index (χ1) is 18.4. The van der Waals surface area contributed by atoms with Crippen molar-refractivity contribution in [1.29, 1.82) is 0 Å². The van der Waals surface area contributed by atoms with Gasteiger partial charge in [0.2, 0.25) is 23.5 Å². The van der Waals surface area contributed by atoms with E-state index in [0.29, 0.717) is 13.1 Å². The van der Waals surface area contributed by atoms with Gasteiger partial charge in [0.15, 0.2) is 0 Å². The molecule has 40 heavy (non-hydrogen) atoms. The van der Waals surface area contributed by atoms with Crippen LogP contribution in [0.2, 0.25) is 0 Å². The normalized spacial score (nSPS) is 21.0. The van der Waals surface area contributed by atoms with Crippen LogP contribution in [0.4, 0.5) is 18.0 Å². The van der Waals surface area contributed by atoms with Gasteiger partial charge in [0, 0.05) is 26.1 Å². The van der Waals surface area contributed by atoms with Crippen molar-refractivity contribution in [3.63, 3.8) is 0 Å². The molecular formula is C25H39F3N6O6. The van der Waals surface area contributed by atoms with Crippen molar-refractivity contribution in [3.8, 4) is 0 Å². The lowest BCUT2D eigenvalue weighted by molar-refractivity contribution is -0.146. The Morgan fingerprint density at radius 1 is 1.00 bits per heavy atom. The number of nitrogens with two attached hydrogens (primary N) is 1. The van der Waals surface area contributed by atoms with Crippen LogP contribution in [-0.2, 0) is 24.0 Å². The Labute approximate surface area is 230 Å². The minimum absolute atomic E-state index is 0.108. The molecule has 2 saturated heterocycles. The predicted octanol–water partition coefficient (Wildman–Crippen LogP) is 0.441. The summed E-state index contributed by atoms with van der Waals surface area (Å²) in [5, 5.41) is 7.21. The van der Waals surface area contributed by atoms with Gasteiger partial charge >= 0.3 is 12.2 Å². The van der Waals surface area contributed by atoms with E-state index in [1.807, 2.05) is 0 Å². The molecule has 0 aromatic heterocycles. The van der Waals surface area contributed by atoms with Crippen molar-refractivity contribution in [2.24, 2.45) is 17.1 Å². The topological polar surface area (TPSA) is 171 Å². The van der Waals surface area contributed by atoms with Crippen LogP contribution >= 0.6 is 0 Å². The first-order valence-electron chi connectivity index (χ1n) is 13.2. The average molecular weight is 577 g/mol. The van der Waals surface area contributed by atoms with Gasteiger partial charge in [0.1, 0.15) is 12.1 Å². The Morgan fingerprint density at radius 2 is 1.60 bits per heavy atom. The zero-order chi connectivity index (χ0) is 30.4. The third kappa shape index (κ3) is 9.37. The molecule has 2 heterocycles. The fourth-order valence-corrected chi connectivity index (χ4v) is 4.79. The highest BCUT2D eigenvalue weighted by Crippen LogP contribution is 2.29. The summed E-state index contributed by atoms with van der Waals surface area (Å²) >= 11 is 0. The van der Waals surface area contributed by atoms with Crippen LogP contribution < -0.4 is 21.7 Å². The Balaban J connectivity index is 2.14. The summed E-state index contributed by atoms with van der Waals surface area (Å²) in [4.78, 5) is 78.0. The van der Waals surface area contributed by atoms with Gasteiger partial charge in [-0.05, 0) is 37.0 Å². The number of carbonyl (C=O) groups is 6. The van der Waals surface area contributed by atoms with E-state index in [1.54, 1.807) is 32.6 Å². The van der Waals surface area contributed by atoms with E-state index in [-0.39, 0.29) is 31.3 Å². The minimum Gasteiger partial charge on any atom is -0.363 e. The average Bonchev–Trinajstić information content (AvgIpc) is 3.51. The lowest BCUT2D eigenvalue weighted by Crippen LogP contribution is -2.60. The fraction of sp³-hybridized carbons (Fsp3) is 0.760. The molecule has 15 heteroatoms. The second-order valence-corrected chi connectivity index (χ2v) is 11.5. The maximum Gasteiger partial charge on any atom is 0.389 e. The second kappa shape index (κ2) is 13.3. The summed E-state index contributed by atoms with van der Waals surface area (Å²) in [6, 6.07) is -4.87. The number of nitrogens with zero attached hydrogens (tertiary/aromatic N) is 2. The third-order valence-corrected chi connectivity index (χ3v) is 6.94. The summed E-state index contributed by atoms with van der Waals surface area (Å²) in [6.07, 6.45) is -5.05. The first-order valence-corrected chi connectivity index (χ1v) is 13.2. The van der Waals surface area contributed by atoms with E-state index in [2.05, 4.69) is 16.0 Å². The molecule has 0 aromatic rings. The predicted molar refractivity (Wildman–Crippen MR) is 136 cm³/mol. The van der Waals surface area contributed by atoms with E-state index in [9.17, 15) is 41.9 Å². The molecule has 6 amide bonds. The van der Waals surface area contributed by atoms with Crippen LogP contribution in [-0.4, -0.2) is 95.7 Å². The SMILES string of the molecule is CC1C[C@@H](C(=O)NC(CCC(F)(F)F)C(=O)C(N)=O)N(C(=O)C(NC(=O)NCC(=O)N2CCCC2)C(C)(C)C)C1. The molecule has 12 nitrogen and oxygen atoms in total. The van der Waals surface area contributed by atoms with Crippen molar-refractivity contribution in [2.45, 2.75) is 84.1 Å². The Morgan fingerprint density at radius 3 is 2.12 bits per heavy atom. The molecule has 0 radical (unpaired) electrons. The smallest absolute Gasteiger partial charge is 0.363 e. The van der Waals surface area contributed by atoms with Crippen molar-refractivity contribution in [3.05, 3.63) is 0 Å². The maximum absolute atomic E-state index is 13.7. The zero-order valence-electron chi connectivity index (χ0n) is 23.2. The largest absolute Gasteiger partial charge is 0.389 e. The molecule has 0 bridgehead atoms. The molecule has 2 fully saturated rings. The number of carbonyl (C=O) groups excluding carboxylic acids is 6. The van der Waals surface area contributed by atoms with Crippen LogP contribution in [0.25, 0.3) is 0 Å². The van der Waals surface area contributed by atoms with Crippen LogP contribution in [0.5, 0.6) is 0 Å². The van der Waals surface area contributed by atoms with Gasteiger partial charge in [-0.25, -0.2) is 4.79 Å². The number of hydrogen-bond donors (Lipinski definition) is 4. The van der Waals surface area contributed by atoms with Gasteiger partial charge in [-0.15, -0.1) is 0 Å². The Kier molecular flexibility index (Phi) is 10.9. The van der Waals surface area contributed by atoms with E-state index in [1.165, 1.54) is 4.90 Å². The molecule has 0 aromatic carbocycles. The first kappa shape index (κ1) is 32.8. The Bertz CT molecular complexity index is 993. The number of Topliss-reactive ketones (excluding diaryl/α,β-unsaturated/α-hetero) is 1. The molecule has 2 aliphatic heterocycles. The Hall–Kier alpha value is -3.39. The minimum atomic E-state index is -4.64. The molecule has 2 aliphatic rings. The number of rotatable bonds is 10. The molecule has 4 atom stereocenters. The monoisotopic (exact) mass is 576 g/mol. The zero-order valence-corrected chi connectivity index (χ0v) is 23.2. The summed E-state index contributed by atoms with van der Waals surface area (Å²) in [6.45, 7) is 7.93. The van der Waals surface area contributed by atoms with Gasteiger partial charge in [0.05, 0.1) is 12.6 Å². The fourth-order valence-electron chi connectivity index (χ4n) is 4.79. The molecule has 5 N–H and O–H groups in total. The van der Waals surface area contributed by atoms with Crippen LogP contribution in [0.15, 0.2) is 0 Å². The van der Waals surface area contributed by atoms with Gasteiger partial charge in [-0.3, -0.25) is 24.0 Å². The second-order valence-electron chi connectivity index (χ2n) is 11.5. The number of halogens is 3. The van der Waals surface area contributed by atoms with Gasteiger partial charge < -0.3 is 31.5 Å². The lowest BCUT2D eigenvalue weighted by atomic mass is 9.85. The summed E-state index contributed by atoms with van der Waals surface area (Å²) < 4.78 is 38.3. The molecule has 0 spiro atoms. The van der Waals surface area contributed by atoms with Gasteiger partial charge in [-0.1, -0.05) is 27.7 Å². The number of ketones is 1. The van der Waals surface area contributed by atoms with Crippen LogP contribution in [0.3, 0.4) is 0 Å². The highest BCUT2D eigenvalue weighted by Gasteiger charge is 2.45. The summed E-state index contributed by atoms with van der Waals surface area (Å²) in [5.41, 5.74) is 4.12. The quantitative estimate of drug-likeness (QED) is 0.275. The summed E-state index contributed by atoms with van der Waals surface area (Å²) in [7, 11) is 0. The number of urea groups is 1. The van der Waals surface area contributed by atoms with E-state index in [0.717, 1.165) is 12.8 Å². The molecule has 0 aliphatic carbocycles. The van der Waals surface area contributed by atoms with Crippen molar-refractivity contribution in [1.82, 2.24) is 25.8 Å². The van der Waals surface area contributed by atoms with Crippen LogP contribution in [0.1, 0.15) is 59.8 Å². The van der Waals surface area contributed by atoms with Gasteiger partial charge in [-0.2, -0.15) is 13.2 Å². The molecule has 3 unspecified atom stereocenters. The number of hydrogen-bond acceptors (Lipinski definition) is 6. The third-order valence-electron chi connectivity index (χ3n) is 6.94. The van der Waals surface area contributed by atoms with Crippen LogP contribution in [0, 0.1) is 11.3 Å². The molecule has 226 valence electrons. The van der Waals surface area contributed by atoms with E-state index >= 15 is 0 Å². The molecular weight excluding hydrogens is 537 g/mol. The number of likely N-dealkylation sites (tertiary alicyclic amines) is 2. The number of nitrogens with one attached hydrogen (secondary N) is 3. The highest BCUT2D eigenvalue weighted by atomic mass is 19.4. The number of amides is 6. The van der Waals surface area contributed by atoms with E-state index < -0.39 is 72.1 Å². The molecule has 0 saturated carbocycles. The summed E-state index contributed by atoms with van der Waals surface area (Å²) in [5.74, 6) is -4.84. The van der Waals surface area contributed by atoms with Gasteiger partial charge in [0.25, 0.3) is 5.91 Å². The van der Waals surface area contributed by atoms with E-state index in [4.69, 9.17) is 5.73 Å². The number of alkyl halides is 3.